The van der Waals surface area contributed by atoms with Crippen molar-refractivity contribution in [3.05, 3.63) is 59.7 Å². The number of rotatable bonds is 5. The van der Waals surface area contributed by atoms with Crippen molar-refractivity contribution < 1.29 is 9.84 Å². The molecule has 2 nitrogen and oxygen atoms in total. The number of aliphatic hydroxyl groups is 1. The molecule has 1 heterocycles. The van der Waals surface area contributed by atoms with Gasteiger partial charge in [0.05, 0.1) is 12.7 Å². The van der Waals surface area contributed by atoms with Crippen molar-refractivity contribution in [3.8, 4) is 5.75 Å². The minimum Gasteiger partial charge on any atom is -0.493 e. The standard InChI is InChI=1S/C18H20O2S/c1-2-17(19)13-7-9-15(10-8-13)20-11-14-12-21-18-6-4-3-5-16(14)18/h3-10,14,17,19H,2,11-12H2,1H3. The van der Waals surface area contributed by atoms with Crippen LogP contribution in [-0.4, -0.2) is 17.5 Å². The average molecular weight is 300 g/mol. The molecule has 0 bridgehead atoms. The fourth-order valence-corrected chi connectivity index (χ4v) is 3.82. The molecule has 2 aromatic rings. The molecule has 3 rings (SSSR count). The molecule has 0 amide bonds. The largest absolute Gasteiger partial charge is 0.493 e. The Hall–Kier alpha value is -1.45. The molecule has 2 atom stereocenters. The van der Waals surface area contributed by atoms with Crippen molar-refractivity contribution in [2.45, 2.75) is 30.3 Å². The van der Waals surface area contributed by atoms with Crippen LogP contribution < -0.4 is 4.74 Å². The van der Waals surface area contributed by atoms with Crippen LogP contribution in [0.2, 0.25) is 0 Å². The zero-order valence-corrected chi connectivity index (χ0v) is 13.0. The van der Waals surface area contributed by atoms with Gasteiger partial charge in [-0.1, -0.05) is 37.3 Å². The lowest BCUT2D eigenvalue weighted by molar-refractivity contribution is 0.173. The molecule has 0 aliphatic carbocycles. The zero-order chi connectivity index (χ0) is 14.7. The van der Waals surface area contributed by atoms with Gasteiger partial charge in [-0.2, -0.15) is 0 Å². The van der Waals surface area contributed by atoms with Gasteiger partial charge in [-0.25, -0.2) is 0 Å². The van der Waals surface area contributed by atoms with E-state index in [-0.39, 0.29) is 6.10 Å². The summed E-state index contributed by atoms with van der Waals surface area (Å²) in [6, 6.07) is 16.3. The Morgan fingerprint density at radius 1 is 1.19 bits per heavy atom. The number of thioether (sulfide) groups is 1. The third-order valence-corrected chi connectivity index (χ3v) is 5.15. The summed E-state index contributed by atoms with van der Waals surface area (Å²) < 4.78 is 5.92. The van der Waals surface area contributed by atoms with E-state index >= 15 is 0 Å². The summed E-state index contributed by atoms with van der Waals surface area (Å²) in [7, 11) is 0. The summed E-state index contributed by atoms with van der Waals surface area (Å²) in [6.45, 7) is 2.68. The van der Waals surface area contributed by atoms with Crippen LogP contribution in [0.15, 0.2) is 53.4 Å². The molecule has 21 heavy (non-hydrogen) atoms. The smallest absolute Gasteiger partial charge is 0.119 e. The first-order valence-electron chi connectivity index (χ1n) is 7.40. The Morgan fingerprint density at radius 3 is 2.71 bits per heavy atom. The van der Waals surface area contributed by atoms with Crippen molar-refractivity contribution >= 4 is 11.8 Å². The Kier molecular flexibility index (Phi) is 4.51. The second-order valence-corrected chi connectivity index (χ2v) is 6.41. The van der Waals surface area contributed by atoms with Crippen molar-refractivity contribution in [2.24, 2.45) is 0 Å². The van der Waals surface area contributed by atoms with E-state index in [0.717, 1.165) is 23.5 Å². The van der Waals surface area contributed by atoms with E-state index in [1.165, 1.54) is 10.5 Å². The number of aliphatic hydroxyl groups excluding tert-OH is 1. The molecule has 1 N–H and O–H groups in total. The summed E-state index contributed by atoms with van der Waals surface area (Å²) in [4.78, 5) is 1.38. The summed E-state index contributed by atoms with van der Waals surface area (Å²) in [5, 5.41) is 9.79. The number of hydrogen-bond donors (Lipinski definition) is 1. The predicted octanol–water partition coefficient (Wildman–Crippen LogP) is 4.40. The summed E-state index contributed by atoms with van der Waals surface area (Å²) in [5.41, 5.74) is 2.35. The fourth-order valence-electron chi connectivity index (χ4n) is 2.59. The van der Waals surface area contributed by atoms with Gasteiger partial charge in [0.1, 0.15) is 5.75 Å². The minimum atomic E-state index is -0.378. The lowest BCUT2D eigenvalue weighted by Crippen LogP contribution is -2.09. The van der Waals surface area contributed by atoms with E-state index in [1.54, 1.807) is 0 Å². The van der Waals surface area contributed by atoms with Crippen molar-refractivity contribution in [3.63, 3.8) is 0 Å². The average Bonchev–Trinajstić information content (AvgIpc) is 2.96. The lowest BCUT2D eigenvalue weighted by atomic mass is 10.0. The van der Waals surface area contributed by atoms with E-state index in [1.807, 2.05) is 43.0 Å². The third kappa shape index (κ3) is 3.25. The Morgan fingerprint density at radius 2 is 1.95 bits per heavy atom. The van der Waals surface area contributed by atoms with Crippen LogP contribution in [0.1, 0.15) is 36.5 Å². The summed E-state index contributed by atoms with van der Waals surface area (Å²) >= 11 is 1.91. The number of benzene rings is 2. The Bertz CT molecular complexity index is 594. The SMILES string of the molecule is CCC(O)c1ccc(OCC2CSc3ccccc32)cc1. The van der Waals surface area contributed by atoms with E-state index in [2.05, 4.69) is 24.3 Å². The maximum Gasteiger partial charge on any atom is 0.119 e. The molecule has 2 unspecified atom stereocenters. The molecule has 0 spiro atoms. The van der Waals surface area contributed by atoms with Crippen LogP contribution in [0.4, 0.5) is 0 Å². The molecule has 0 aromatic heterocycles. The van der Waals surface area contributed by atoms with Gasteiger partial charge in [0.25, 0.3) is 0 Å². The van der Waals surface area contributed by atoms with Gasteiger partial charge in [-0.05, 0) is 35.7 Å². The molecular weight excluding hydrogens is 280 g/mol. The highest BCUT2D eigenvalue weighted by Crippen LogP contribution is 2.39. The molecule has 2 aromatic carbocycles. The highest BCUT2D eigenvalue weighted by Gasteiger charge is 2.23. The number of fused-ring (bicyclic) bond motifs is 1. The van der Waals surface area contributed by atoms with Crippen LogP contribution in [0.5, 0.6) is 5.75 Å². The zero-order valence-electron chi connectivity index (χ0n) is 12.2. The lowest BCUT2D eigenvalue weighted by Gasteiger charge is -2.14. The van der Waals surface area contributed by atoms with Crippen LogP contribution in [0, 0.1) is 0 Å². The summed E-state index contributed by atoms with van der Waals surface area (Å²) in [5.74, 6) is 2.43. The molecule has 0 fully saturated rings. The van der Waals surface area contributed by atoms with Crippen LogP contribution in [0.3, 0.4) is 0 Å². The molecule has 0 saturated carbocycles. The highest BCUT2D eigenvalue weighted by molar-refractivity contribution is 7.99. The van der Waals surface area contributed by atoms with Crippen molar-refractivity contribution in [2.75, 3.05) is 12.4 Å². The topological polar surface area (TPSA) is 29.5 Å². The van der Waals surface area contributed by atoms with E-state index < -0.39 is 0 Å². The molecule has 0 saturated heterocycles. The van der Waals surface area contributed by atoms with Gasteiger partial charge >= 0.3 is 0 Å². The van der Waals surface area contributed by atoms with Crippen LogP contribution in [-0.2, 0) is 0 Å². The van der Waals surface area contributed by atoms with Gasteiger partial charge in [0.2, 0.25) is 0 Å². The maximum atomic E-state index is 9.79. The second-order valence-electron chi connectivity index (χ2n) is 5.35. The molecular formula is C18H20O2S. The van der Waals surface area contributed by atoms with Gasteiger partial charge in [-0.3, -0.25) is 0 Å². The molecule has 110 valence electrons. The van der Waals surface area contributed by atoms with E-state index in [9.17, 15) is 5.11 Å². The number of ether oxygens (including phenoxy) is 1. The maximum absolute atomic E-state index is 9.79. The third-order valence-electron chi connectivity index (χ3n) is 3.90. The number of hydrogen-bond acceptors (Lipinski definition) is 3. The predicted molar refractivity (Wildman–Crippen MR) is 87.1 cm³/mol. The van der Waals surface area contributed by atoms with Crippen LogP contribution in [0.25, 0.3) is 0 Å². The molecule has 1 aliphatic rings. The van der Waals surface area contributed by atoms with Crippen molar-refractivity contribution in [1.82, 2.24) is 0 Å². The Labute approximate surface area is 130 Å². The van der Waals surface area contributed by atoms with E-state index in [0.29, 0.717) is 12.5 Å². The minimum absolute atomic E-state index is 0.378. The first-order chi connectivity index (χ1) is 10.3. The molecule has 1 aliphatic heterocycles. The Balaban J connectivity index is 1.61. The normalized spacial score (nSPS) is 18.3. The monoisotopic (exact) mass is 300 g/mol. The van der Waals surface area contributed by atoms with Crippen molar-refractivity contribution in [1.29, 1.82) is 0 Å². The second kappa shape index (κ2) is 6.54. The molecule has 3 heteroatoms. The quantitative estimate of drug-likeness (QED) is 0.887. The van der Waals surface area contributed by atoms with Crippen LogP contribution >= 0.6 is 11.8 Å². The van der Waals surface area contributed by atoms with Gasteiger partial charge < -0.3 is 9.84 Å². The van der Waals surface area contributed by atoms with Gasteiger partial charge in [-0.15, -0.1) is 11.8 Å². The summed E-state index contributed by atoms with van der Waals surface area (Å²) in [6.07, 6.45) is 0.355. The van der Waals surface area contributed by atoms with E-state index in [4.69, 9.17) is 4.74 Å². The first kappa shape index (κ1) is 14.5. The first-order valence-corrected chi connectivity index (χ1v) is 8.39. The highest BCUT2D eigenvalue weighted by atomic mass is 32.2. The fraction of sp³-hybridized carbons (Fsp3) is 0.333. The van der Waals surface area contributed by atoms with Gasteiger partial charge in [0.15, 0.2) is 0 Å². The molecule has 0 radical (unpaired) electrons. The van der Waals surface area contributed by atoms with Gasteiger partial charge in [0, 0.05) is 16.6 Å².